The van der Waals surface area contributed by atoms with E-state index in [0.717, 1.165) is 31.0 Å². The monoisotopic (exact) mass is 393 g/mol. The first-order valence-corrected chi connectivity index (χ1v) is 10.2. The fraction of sp³-hybridized carbons (Fsp3) is 0.727. The molecule has 1 aromatic rings. The third-order valence-corrected chi connectivity index (χ3v) is 5.58. The molecule has 6 heteroatoms. The topological polar surface area (TPSA) is 60.4 Å². The van der Waals surface area contributed by atoms with E-state index in [4.69, 9.17) is 18.9 Å². The lowest BCUT2D eigenvalue weighted by Gasteiger charge is -2.46. The van der Waals surface area contributed by atoms with E-state index in [1.165, 1.54) is 11.1 Å². The van der Waals surface area contributed by atoms with E-state index in [2.05, 4.69) is 17.0 Å². The van der Waals surface area contributed by atoms with Gasteiger partial charge in [-0.25, -0.2) is 0 Å². The quantitative estimate of drug-likeness (QED) is 0.802. The largest absolute Gasteiger partial charge is 0.493 e. The van der Waals surface area contributed by atoms with E-state index in [1.54, 1.807) is 14.2 Å². The van der Waals surface area contributed by atoms with Crippen molar-refractivity contribution in [2.45, 2.75) is 70.5 Å². The number of nitrogens with zero attached hydrogens (tertiary/aromatic N) is 1. The van der Waals surface area contributed by atoms with Crippen molar-refractivity contribution in [2.24, 2.45) is 0 Å². The van der Waals surface area contributed by atoms with Crippen LogP contribution in [0.25, 0.3) is 0 Å². The molecule has 3 rings (SSSR count). The highest BCUT2D eigenvalue weighted by molar-refractivity contribution is 5.49. The maximum Gasteiger partial charge on any atom is 0.161 e. The van der Waals surface area contributed by atoms with Crippen molar-refractivity contribution < 1.29 is 24.1 Å². The highest BCUT2D eigenvalue weighted by Crippen LogP contribution is 2.42. The smallest absolute Gasteiger partial charge is 0.161 e. The molecule has 4 atom stereocenters. The molecule has 0 spiro atoms. The number of hydrogen-bond donors (Lipinski definition) is 1. The van der Waals surface area contributed by atoms with Gasteiger partial charge in [0, 0.05) is 26.2 Å². The zero-order valence-electron chi connectivity index (χ0n) is 18.0. The summed E-state index contributed by atoms with van der Waals surface area (Å²) in [6.45, 7) is 10.3. The van der Waals surface area contributed by atoms with E-state index < -0.39 is 6.10 Å². The molecule has 1 N–H and O–H groups in total. The van der Waals surface area contributed by atoms with Gasteiger partial charge in [-0.15, -0.1) is 0 Å². The summed E-state index contributed by atoms with van der Waals surface area (Å²) < 4.78 is 22.9. The zero-order valence-corrected chi connectivity index (χ0v) is 18.0. The van der Waals surface area contributed by atoms with Gasteiger partial charge >= 0.3 is 0 Å². The number of rotatable bonds is 6. The average molecular weight is 394 g/mol. The predicted octanol–water partition coefficient (Wildman–Crippen LogP) is 2.96. The number of piperidine rings is 1. The van der Waals surface area contributed by atoms with Crippen molar-refractivity contribution in [1.29, 1.82) is 0 Å². The Morgan fingerprint density at radius 3 is 2.61 bits per heavy atom. The first-order valence-electron chi connectivity index (χ1n) is 10.2. The van der Waals surface area contributed by atoms with Gasteiger partial charge in [-0.2, -0.15) is 0 Å². The van der Waals surface area contributed by atoms with Crippen molar-refractivity contribution >= 4 is 0 Å². The molecular weight excluding hydrogens is 358 g/mol. The van der Waals surface area contributed by atoms with Crippen molar-refractivity contribution in [3.63, 3.8) is 0 Å². The van der Waals surface area contributed by atoms with Crippen LogP contribution in [0.2, 0.25) is 0 Å². The molecule has 2 heterocycles. The van der Waals surface area contributed by atoms with Crippen LogP contribution in [0.3, 0.4) is 0 Å². The average Bonchev–Trinajstić information content (AvgIpc) is 2.64. The molecule has 0 bridgehead atoms. The molecule has 0 amide bonds. The van der Waals surface area contributed by atoms with Crippen LogP contribution in [-0.4, -0.2) is 67.8 Å². The first kappa shape index (κ1) is 21.4. The lowest BCUT2D eigenvalue weighted by atomic mass is 9.84. The number of aliphatic hydroxyl groups excluding tert-OH is 1. The van der Waals surface area contributed by atoms with E-state index in [0.29, 0.717) is 13.0 Å². The van der Waals surface area contributed by atoms with Crippen molar-refractivity contribution in [3.05, 3.63) is 23.3 Å². The summed E-state index contributed by atoms with van der Waals surface area (Å²) >= 11 is 0. The fourth-order valence-electron chi connectivity index (χ4n) is 4.11. The van der Waals surface area contributed by atoms with Gasteiger partial charge in [0.15, 0.2) is 11.5 Å². The molecule has 0 radical (unpaired) electrons. The summed E-state index contributed by atoms with van der Waals surface area (Å²) in [5.74, 6) is 1.48. The van der Waals surface area contributed by atoms with Gasteiger partial charge in [0.1, 0.15) is 6.61 Å². The molecular formula is C22H35NO5. The molecule has 1 saturated heterocycles. The number of aliphatic hydroxyl groups is 1. The Bertz CT molecular complexity index is 672. The molecule has 158 valence electrons. The summed E-state index contributed by atoms with van der Waals surface area (Å²) in [6.07, 6.45) is 1.00. The molecule has 2 aliphatic heterocycles. The van der Waals surface area contributed by atoms with Crippen molar-refractivity contribution in [2.75, 3.05) is 33.9 Å². The van der Waals surface area contributed by atoms with E-state index in [-0.39, 0.29) is 23.9 Å². The van der Waals surface area contributed by atoms with Crippen molar-refractivity contribution in [1.82, 2.24) is 4.90 Å². The first-order chi connectivity index (χ1) is 13.2. The molecule has 3 unspecified atom stereocenters. The number of hydrogen-bond acceptors (Lipinski definition) is 6. The number of ether oxygens (including phenoxy) is 4. The minimum Gasteiger partial charge on any atom is -0.493 e. The lowest BCUT2D eigenvalue weighted by molar-refractivity contribution is -0.149. The zero-order chi connectivity index (χ0) is 20.5. The van der Waals surface area contributed by atoms with Crippen LogP contribution in [0.15, 0.2) is 12.1 Å². The summed E-state index contributed by atoms with van der Waals surface area (Å²) in [4.78, 5) is 2.43. The van der Waals surface area contributed by atoms with Crippen LogP contribution in [0.1, 0.15) is 51.3 Å². The van der Waals surface area contributed by atoms with Crippen LogP contribution >= 0.6 is 0 Å². The van der Waals surface area contributed by atoms with Gasteiger partial charge < -0.3 is 24.1 Å². The highest BCUT2D eigenvalue weighted by atomic mass is 16.5. The Balaban J connectivity index is 1.80. The van der Waals surface area contributed by atoms with Gasteiger partial charge in [-0.05, 0) is 63.8 Å². The highest BCUT2D eigenvalue weighted by Gasteiger charge is 2.40. The van der Waals surface area contributed by atoms with Crippen LogP contribution in [-0.2, 0) is 15.9 Å². The summed E-state index contributed by atoms with van der Waals surface area (Å²) in [5, 5.41) is 10.7. The van der Waals surface area contributed by atoms with Gasteiger partial charge in [0.05, 0.1) is 31.0 Å². The minimum absolute atomic E-state index is 0.0180. The summed E-state index contributed by atoms with van der Waals surface area (Å²) in [7, 11) is 3.34. The van der Waals surface area contributed by atoms with Crippen LogP contribution in [0.4, 0.5) is 0 Å². The summed E-state index contributed by atoms with van der Waals surface area (Å²) in [5.41, 5.74) is 2.23. The normalized spacial score (nSPS) is 26.3. The Hall–Kier alpha value is -1.34. The standard InChI is InChI=1S/C22H35NO5/c1-14(25-5)13-27-20-9-15-7-8-23-12-21(28-22(2,3)4)18(24)11-17(23)16(15)10-19(20)26-6/h9-10,14,17-18,21,24H,7-8,11-13H2,1-6H3/t14-,17?,18?,21?/m1/s1. The van der Waals surface area contributed by atoms with Crippen LogP contribution < -0.4 is 9.47 Å². The van der Waals surface area contributed by atoms with E-state index in [1.807, 2.05) is 27.7 Å². The van der Waals surface area contributed by atoms with E-state index in [9.17, 15) is 5.11 Å². The molecule has 6 nitrogen and oxygen atoms in total. The maximum absolute atomic E-state index is 10.7. The maximum atomic E-state index is 10.7. The third kappa shape index (κ3) is 4.79. The second-order valence-corrected chi connectivity index (χ2v) is 8.89. The third-order valence-electron chi connectivity index (χ3n) is 5.58. The second-order valence-electron chi connectivity index (χ2n) is 8.89. The Kier molecular flexibility index (Phi) is 6.54. The van der Waals surface area contributed by atoms with Gasteiger partial charge in [-0.3, -0.25) is 4.90 Å². The molecule has 2 aliphatic rings. The fourth-order valence-corrected chi connectivity index (χ4v) is 4.11. The number of benzene rings is 1. The second kappa shape index (κ2) is 8.57. The van der Waals surface area contributed by atoms with E-state index >= 15 is 0 Å². The van der Waals surface area contributed by atoms with Gasteiger partial charge in [0.25, 0.3) is 0 Å². The van der Waals surface area contributed by atoms with Gasteiger partial charge in [0.2, 0.25) is 0 Å². The molecule has 1 aromatic carbocycles. The molecule has 0 saturated carbocycles. The molecule has 1 fully saturated rings. The number of methoxy groups -OCH3 is 2. The van der Waals surface area contributed by atoms with Crippen LogP contribution in [0, 0.1) is 0 Å². The minimum atomic E-state index is -0.476. The Morgan fingerprint density at radius 2 is 1.96 bits per heavy atom. The molecule has 0 aromatic heterocycles. The summed E-state index contributed by atoms with van der Waals surface area (Å²) in [6, 6.07) is 4.36. The SMILES string of the molecule is COc1cc2c(cc1OC[C@@H](C)OC)CCN1CC(OC(C)(C)C)C(O)CC21. The lowest BCUT2D eigenvalue weighted by Crippen LogP contribution is -2.53. The predicted molar refractivity (Wildman–Crippen MR) is 108 cm³/mol. The van der Waals surface area contributed by atoms with Gasteiger partial charge in [-0.1, -0.05) is 0 Å². The molecule has 0 aliphatic carbocycles. The Labute approximate surface area is 168 Å². The van der Waals surface area contributed by atoms with Crippen LogP contribution in [0.5, 0.6) is 11.5 Å². The Morgan fingerprint density at radius 1 is 1.21 bits per heavy atom. The number of fused-ring (bicyclic) bond motifs is 3. The molecule has 28 heavy (non-hydrogen) atoms. The van der Waals surface area contributed by atoms with Crippen molar-refractivity contribution in [3.8, 4) is 11.5 Å².